The van der Waals surface area contributed by atoms with Crippen molar-refractivity contribution in [1.82, 2.24) is 4.90 Å². The van der Waals surface area contributed by atoms with Crippen LogP contribution in [0.25, 0.3) is 0 Å². The summed E-state index contributed by atoms with van der Waals surface area (Å²) in [6.45, 7) is 2.11. The number of nitrogens with zero attached hydrogens (tertiary/aromatic N) is 3. The van der Waals surface area contributed by atoms with E-state index in [1.807, 2.05) is 24.3 Å². The molecule has 2 aliphatic heterocycles. The molecular formula is C21H24F3N5O2. The van der Waals surface area contributed by atoms with E-state index in [0.29, 0.717) is 12.3 Å². The summed E-state index contributed by atoms with van der Waals surface area (Å²) < 4.78 is 48.9. The molecule has 166 valence electrons. The Hall–Kier alpha value is -2.85. The maximum atomic E-state index is 12.4. The van der Waals surface area contributed by atoms with E-state index >= 15 is 0 Å². The van der Waals surface area contributed by atoms with Crippen LogP contribution < -0.4 is 15.8 Å². The molecule has 1 fully saturated rings. The number of likely N-dealkylation sites (tertiary alicyclic amines) is 1. The first-order chi connectivity index (χ1) is 14.9. The average molecular weight is 435 g/mol. The maximum Gasteiger partial charge on any atom is 0.521 e. The Morgan fingerprint density at radius 3 is 2.74 bits per heavy atom. The van der Waals surface area contributed by atoms with E-state index in [1.165, 1.54) is 6.07 Å². The van der Waals surface area contributed by atoms with Crippen molar-refractivity contribution in [1.29, 1.82) is 0 Å². The quantitative estimate of drug-likeness (QED) is 0.410. The molecule has 0 saturated carbocycles. The minimum Gasteiger partial charge on any atom is -0.491 e. The third-order valence-corrected chi connectivity index (χ3v) is 5.69. The highest BCUT2D eigenvalue weighted by Crippen LogP contribution is 2.40. The molecule has 3 unspecified atom stereocenters. The lowest BCUT2D eigenvalue weighted by molar-refractivity contribution is -0.125. The van der Waals surface area contributed by atoms with Gasteiger partial charge in [0.2, 0.25) is 0 Å². The van der Waals surface area contributed by atoms with Crippen LogP contribution in [0, 0.1) is 0 Å². The minimum absolute atomic E-state index is 0.00472. The molecular weight excluding hydrogens is 411 g/mol. The van der Waals surface area contributed by atoms with E-state index in [1.54, 1.807) is 19.2 Å². The summed E-state index contributed by atoms with van der Waals surface area (Å²) in [6.07, 6.45) is -3.67. The number of azo groups is 1. The van der Waals surface area contributed by atoms with Crippen LogP contribution in [-0.2, 0) is 4.74 Å². The van der Waals surface area contributed by atoms with Crippen molar-refractivity contribution in [3.05, 3.63) is 48.0 Å². The zero-order valence-electron chi connectivity index (χ0n) is 17.0. The predicted molar refractivity (Wildman–Crippen MR) is 111 cm³/mol. The molecule has 0 radical (unpaired) electrons. The lowest BCUT2D eigenvalue weighted by atomic mass is 9.94. The van der Waals surface area contributed by atoms with Gasteiger partial charge in [-0.25, -0.2) is 0 Å². The van der Waals surface area contributed by atoms with E-state index in [9.17, 15) is 13.2 Å². The molecule has 0 amide bonds. The molecule has 0 spiro atoms. The second-order valence-corrected chi connectivity index (χ2v) is 7.59. The van der Waals surface area contributed by atoms with Crippen LogP contribution in [0.3, 0.4) is 0 Å². The lowest BCUT2D eigenvalue weighted by Gasteiger charge is -2.40. The summed E-state index contributed by atoms with van der Waals surface area (Å²) in [5.41, 5.74) is 7.66. The van der Waals surface area contributed by atoms with Crippen LogP contribution in [0.15, 0.2) is 52.7 Å². The number of nitrogen functional groups attached to an aromatic ring is 1. The number of rotatable bonds is 5. The molecule has 0 aliphatic carbocycles. The van der Waals surface area contributed by atoms with Crippen LogP contribution in [-0.4, -0.2) is 50.2 Å². The van der Waals surface area contributed by atoms with Crippen LogP contribution in [0.1, 0.15) is 18.0 Å². The summed E-state index contributed by atoms with van der Waals surface area (Å²) >= 11 is 0. The largest absolute Gasteiger partial charge is 0.521 e. The Kier molecular flexibility index (Phi) is 6.01. The monoisotopic (exact) mass is 435 g/mol. The topological polar surface area (TPSA) is 84.5 Å². The predicted octanol–water partition coefficient (Wildman–Crippen LogP) is 4.51. The Balaban J connectivity index is 1.65. The fourth-order valence-corrected chi connectivity index (χ4v) is 4.13. The van der Waals surface area contributed by atoms with Crippen LogP contribution in [0.5, 0.6) is 5.75 Å². The molecule has 1 saturated heterocycles. The molecule has 4 rings (SSSR count). The number of hydrogen-bond donors (Lipinski definition) is 2. The van der Waals surface area contributed by atoms with Gasteiger partial charge in [0.1, 0.15) is 18.0 Å². The van der Waals surface area contributed by atoms with E-state index in [2.05, 4.69) is 20.4 Å². The molecule has 31 heavy (non-hydrogen) atoms. The SMILES string of the molecule is COC1CCN(C2COc3ccccc3C2Nc2cccc(N=NC(F)(F)F)c2N)C1. The molecule has 2 aliphatic rings. The molecule has 3 N–H and O–H groups in total. The number of hydrogen-bond acceptors (Lipinski definition) is 7. The molecule has 0 aromatic heterocycles. The molecule has 2 aromatic rings. The van der Waals surface area contributed by atoms with E-state index < -0.39 is 6.30 Å². The second-order valence-electron chi connectivity index (χ2n) is 7.59. The van der Waals surface area contributed by atoms with Gasteiger partial charge in [0.15, 0.2) is 0 Å². The average Bonchev–Trinajstić information content (AvgIpc) is 3.23. The van der Waals surface area contributed by atoms with Crippen molar-refractivity contribution in [2.24, 2.45) is 10.2 Å². The van der Waals surface area contributed by atoms with Crippen LogP contribution >= 0.6 is 0 Å². The summed E-state index contributed by atoms with van der Waals surface area (Å²) in [7, 11) is 1.71. The van der Waals surface area contributed by atoms with Gasteiger partial charge < -0.3 is 20.5 Å². The Morgan fingerprint density at radius 2 is 2.00 bits per heavy atom. The Bertz CT molecular complexity index is 953. The van der Waals surface area contributed by atoms with Gasteiger partial charge in [-0.1, -0.05) is 29.4 Å². The van der Waals surface area contributed by atoms with Crippen molar-refractivity contribution in [3.63, 3.8) is 0 Å². The maximum absolute atomic E-state index is 12.4. The molecule has 0 bridgehead atoms. The summed E-state index contributed by atoms with van der Waals surface area (Å²) in [5.74, 6) is 0.769. The van der Waals surface area contributed by atoms with Crippen molar-refractivity contribution in [3.8, 4) is 5.75 Å². The van der Waals surface area contributed by atoms with Crippen LogP contribution in [0.2, 0.25) is 0 Å². The molecule has 10 heteroatoms. The highest BCUT2D eigenvalue weighted by atomic mass is 19.4. The smallest absolute Gasteiger partial charge is 0.491 e. The number of alkyl halides is 3. The highest BCUT2D eigenvalue weighted by Gasteiger charge is 2.38. The van der Waals surface area contributed by atoms with Crippen molar-refractivity contribution in [2.75, 3.05) is 37.9 Å². The van der Waals surface area contributed by atoms with Gasteiger partial charge in [0.05, 0.1) is 29.6 Å². The van der Waals surface area contributed by atoms with E-state index in [0.717, 1.165) is 30.8 Å². The normalized spacial score (nSPS) is 24.2. The number of halogens is 3. The van der Waals surface area contributed by atoms with Gasteiger partial charge in [-0.15, -0.1) is 18.3 Å². The number of methoxy groups -OCH3 is 1. The molecule has 2 aromatic carbocycles. The standard InChI is InChI=1S/C21H24F3N5O2/c1-30-13-9-10-29(11-13)17-12-31-18-8-3-2-5-14(18)20(17)26-15-6-4-7-16(19(15)25)27-28-21(22,23)24/h2-8,13,17,20,26H,9-12,25H2,1H3. The number of para-hydroxylation sites is 2. The van der Waals surface area contributed by atoms with Crippen molar-refractivity contribution < 1.29 is 22.6 Å². The third-order valence-electron chi connectivity index (χ3n) is 5.69. The summed E-state index contributed by atoms with van der Waals surface area (Å²) in [6, 6.07) is 12.2. The summed E-state index contributed by atoms with van der Waals surface area (Å²) in [5, 5.41) is 9.09. The van der Waals surface area contributed by atoms with Crippen molar-refractivity contribution >= 4 is 17.1 Å². The molecule has 7 nitrogen and oxygen atoms in total. The number of fused-ring (bicyclic) bond motifs is 1. The fourth-order valence-electron chi connectivity index (χ4n) is 4.13. The van der Waals surface area contributed by atoms with Crippen molar-refractivity contribution in [2.45, 2.75) is 30.9 Å². The number of anilines is 2. The van der Waals surface area contributed by atoms with Gasteiger partial charge in [-0.3, -0.25) is 4.90 Å². The van der Waals surface area contributed by atoms with Gasteiger partial charge in [0, 0.05) is 25.8 Å². The number of ether oxygens (including phenoxy) is 2. The lowest BCUT2D eigenvalue weighted by Crippen LogP contribution is -2.47. The number of benzene rings is 2. The zero-order chi connectivity index (χ0) is 22.0. The Morgan fingerprint density at radius 1 is 1.19 bits per heavy atom. The summed E-state index contributed by atoms with van der Waals surface area (Å²) in [4.78, 5) is 2.31. The van der Waals surface area contributed by atoms with Crippen LogP contribution in [0.4, 0.5) is 30.2 Å². The van der Waals surface area contributed by atoms with E-state index in [4.69, 9.17) is 15.2 Å². The highest BCUT2D eigenvalue weighted by molar-refractivity contribution is 5.78. The number of nitrogens with one attached hydrogen (secondary N) is 1. The first-order valence-electron chi connectivity index (χ1n) is 9.99. The third kappa shape index (κ3) is 4.75. The number of nitrogens with two attached hydrogens (primary N) is 1. The van der Waals surface area contributed by atoms with Gasteiger partial charge >= 0.3 is 6.30 Å². The molecule has 2 heterocycles. The second kappa shape index (κ2) is 8.72. The van der Waals surface area contributed by atoms with Gasteiger partial charge in [-0.05, 0) is 24.6 Å². The zero-order valence-corrected chi connectivity index (χ0v) is 17.0. The minimum atomic E-state index is -4.76. The van der Waals surface area contributed by atoms with Gasteiger partial charge in [-0.2, -0.15) is 0 Å². The first kappa shape index (κ1) is 21.4. The first-order valence-corrected chi connectivity index (χ1v) is 9.99. The van der Waals surface area contributed by atoms with E-state index in [-0.39, 0.29) is 29.6 Å². The molecule has 3 atom stereocenters. The van der Waals surface area contributed by atoms with Gasteiger partial charge in [0.25, 0.3) is 0 Å². The Labute approximate surface area is 178 Å². The fraction of sp³-hybridized carbons (Fsp3) is 0.429.